The van der Waals surface area contributed by atoms with E-state index < -0.39 is 5.82 Å². The molecule has 1 heterocycles. The Labute approximate surface area is 97.8 Å². The third kappa shape index (κ3) is 2.98. The van der Waals surface area contributed by atoms with E-state index in [2.05, 4.69) is 21.4 Å². The third-order valence-electron chi connectivity index (χ3n) is 2.13. The van der Waals surface area contributed by atoms with Gasteiger partial charge in [-0.15, -0.1) is 0 Å². The molecular formula is C12H9FN4. The van der Waals surface area contributed by atoms with Gasteiger partial charge in [0.25, 0.3) is 0 Å². The van der Waals surface area contributed by atoms with Gasteiger partial charge in [0.05, 0.1) is 24.0 Å². The van der Waals surface area contributed by atoms with Crippen molar-refractivity contribution in [3.63, 3.8) is 0 Å². The lowest BCUT2D eigenvalue weighted by molar-refractivity contribution is 0.614. The Morgan fingerprint density at radius 2 is 2.06 bits per heavy atom. The Morgan fingerprint density at radius 3 is 2.76 bits per heavy atom. The van der Waals surface area contributed by atoms with E-state index in [9.17, 15) is 4.39 Å². The van der Waals surface area contributed by atoms with Crippen LogP contribution in [-0.2, 0) is 6.54 Å². The highest BCUT2D eigenvalue weighted by atomic mass is 19.1. The zero-order chi connectivity index (χ0) is 12.1. The fourth-order valence-electron chi connectivity index (χ4n) is 1.34. The van der Waals surface area contributed by atoms with Gasteiger partial charge in [-0.05, 0) is 17.7 Å². The normalized spacial score (nSPS) is 9.65. The first-order valence-corrected chi connectivity index (χ1v) is 4.98. The second-order valence-corrected chi connectivity index (χ2v) is 3.39. The quantitative estimate of drug-likeness (QED) is 0.873. The molecule has 0 radical (unpaired) electrons. The van der Waals surface area contributed by atoms with Gasteiger partial charge in [-0.3, -0.25) is 0 Å². The van der Waals surface area contributed by atoms with Gasteiger partial charge < -0.3 is 5.32 Å². The number of hydrogen-bond donors (Lipinski definition) is 1. The zero-order valence-electron chi connectivity index (χ0n) is 8.89. The van der Waals surface area contributed by atoms with E-state index in [0.717, 1.165) is 18.0 Å². The summed E-state index contributed by atoms with van der Waals surface area (Å²) in [6.07, 6.45) is 2.20. The van der Waals surface area contributed by atoms with Gasteiger partial charge in [0.1, 0.15) is 0 Å². The fraction of sp³-hybridized carbons (Fsp3) is 0.0833. The highest BCUT2D eigenvalue weighted by Crippen LogP contribution is 2.06. The Bertz CT molecular complexity index is 545. The SMILES string of the molecule is N#Cc1cccc(CNc2ncc(F)cn2)c1. The van der Waals surface area contributed by atoms with Crippen molar-refractivity contribution in [2.45, 2.75) is 6.54 Å². The summed E-state index contributed by atoms with van der Waals surface area (Å²) in [7, 11) is 0. The van der Waals surface area contributed by atoms with Crippen molar-refractivity contribution in [1.82, 2.24) is 9.97 Å². The van der Waals surface area contributed by atoms with Crippen LogP contribution in [0.5, 0.6) is 0 Å². The van der Waals surface area contributed by atoms with Crippen LogP contribution in [0, 0.1) is 17.1 Å². The molecule has 0 spiro atoms. The molecule has 84 valence electrons. The van der Waals surface area contributed by atoms with Crippen molar-refractivity contribution in [2.24, 2.45) is 0 Å². The topological polar surface area (TPSA) is 61.6 Å². The second kappa shape index (κ2) is 5.03. The monoisotopic (exact) mass is 228 g/mol. The number of halogens is 1. The van der Waals surface area contributed by atoms with E-state index in [-0.39, 0.29) is 0 Å². The van der Waals surface area contributed by atoms with Crippen molar-refractivity contribution in [3.8, 4) is 6.07 Å². The van der Waals surface area contributed by atoms with Crippen molar-refractivity contribution in [2.75, 3.05) is 5.32 Å². The highest BCUT2D eigenvalue weighted by Gasteiger charge is 1.98. The predicted octanol–water partition coefficient (Wildman–Crippen LogP) is 2.10. The molecule has 0 amide bonds. The Morgan fingerprint density at radius 1 is 1.29 bits per heavy atom. The number of aromatic nitrogens is 2. The van der Waals surface area contributed by atoms with Gasteiger partial charge in [-0.25, -0.2) is 14.4 Å². The van der Waals surface area contributed by atoms with Gasteiger partial charge in [0.15, 0.2) is 5.82 Å². The van der Waals surface area contributed by atoms with Crippen LogP contribution in [0.15, 0.2) is 36.7 Å². The molecule has 1 aromatic heterocycles. The summed E-state index contributed by atoms with van der Waals surface area (Å²) < 4.78 is 12.6. The minimum Gasteiger partial charge on any atom is -0.350 e. The third-order valence-corrected chi connectivity index (χ3v) is 2.13. The average Bonchev–Trinajstić information content (AvgIpc) is 2.38. The van der Waals surface area contributed by atoms with Crippen LogP contribution >= 0.6 is 0 Å². The highest BCUT2D eigenvalue weighted by molar-refractivity contribution is 5.34. The molecule has 17 heavy (non-hydrogen) atoms. The van der Waals surface area contributed by atoms with Crippen molar-refractivity contribution in [3.05, 3.63) is 53.6 Å². The summed E-state index contributed by atoms with van der Waals surface area (Å²) >= 11 is 0. The molecule has 0 unspecified atom stereocenters. The molecule has 4 nitrogen and oxygen atoms in total. The molecule has 1 N–H and O–H groups in total. The molecule has 2 rings (SSSR count). The Kier molecular flexibility index (Phi) is 3.26. The van der Waals surface area contributed by atoms with E-state index in [0.29, 0.717) is 18.1 Å². The number of benzene rings is 1. The molecular weight excluding hydrogens is 219 g/mol. The molecule has 0 fully saturated rings. The second-order valence-electron chi connectivity index (χ2n) is 3.39. The summed E-state index contributed by atoms with van der Waals surface area (Å²) in [6, 6.07) is 9.27. The minimum atomic E-state index is -0.470. The van der Waals surface area contributed by atoms with Crippen molar-refractivity contribution >= 4 is 5.95 Å². The van der Waals surface area contributed by atoms with Crippen LogP contribution in [0.25, 0.3) is 0 Å². The summed E-state index contributed by atoms with van der Waals surface area (Å²) in [5.74, 6) is -0.115. The summed E-state index contributed by atoms with van der Waals surface area (Å²) in [4.78, 5) is 7.55. The van der Waals surface area contributed by atoms with E-state index in [1.54, 1.807) is 18.2 Å². The first-order valence-electron chi connectivity index (χ1n) is 4.98. The number of anilines is 1. The lowest BCUT2D eigenvalue weighted by Gasteiger charge is -2.04. The van der Waals surface area contributed by atoms with Gasteiger partial charge in [-0.2, -0.15) is 5.26 Å². The minimum absolute atomic E-state index is 0.355. The van der Waals surface area contributed by atoms with Crippen LogP contribution in [-0.4, -0.2) is 9.97 Å². The van der Waals surface area contributed by atoms with Crippen LogP contribution in [0.4, 0.5) is 10.3 Å². The number of hydrogen-bond acceptors (Lipinski definition) is 4. The first-order chi connectivity index (χ1) is 8.28. The van der Waals surface area contributed by atoms with Gasteiger partial charge in [-0.1, -0.05) is 12.1 Å². The molecule has 1 aromatic carbocycles. The zero-order valence-corrected chi connectivity index (χ0v) is 8.89. The van der Waals surface area contributed by atoms with E-state index in [4.69, 9.17) is 5.26 Å². The number of nitrogens with one attached hydrogen (secondary N) is 1. The maximum atomic E-state index is 12.6. The lowest BCUT2D eigenvalue weighted by atomic mass is 10.1. The Hall–Kier alpha value is -2.48. The fourth-order valence-corrected chi connectivity index (χ4v) is 1.34. The van der Waals surface area contributed by atoms with E-state index in [1.807, 2.05) is 6.07 Å². The van der Waals surface area contributed by atoms with Crippen LogP contribution in [0.3, 0.4) is 0 Å². The standard InChI is InChI=1S/C12H9FN4/c13-11-7-16-12(17-8-11)15-6-10-3-1-2-9(4-10)5-14/h1-4,7-8H,6H2,(H,15,16,17). The number of nitrogens with zero attached hydrogens (tertiary/aromatic N) is 3. The average molecular weight is 228 g/mol. The van der Waals surface area contributed by atoms with Crippen molar-refractivity contribution < 1.29 is 4.39 Å². The molecule has 0 aliphatic heterocycles. The summed E-state index contributed by atoms with van der Waals surface area (Å²) in [5, 5.41) is 11.7. The summed E-state index contributed by atoms with van der Waals surface area (Å²) in [5.41, 5.74) is 1.54. The molecule has 0 aliphatic rings. The number of nitriles is 1. The maximum absolute atomic E-state index is 12.6. The van der Waals surface area contributed by atoms with Crippen LogP contribution < -0.4 is 5.32 Å². The smallest absolute Gasteiger partial charge is 0.223 e. The van der Waals surface area contributed by atoms with Gasteiger partial charge in [0.2, 0.25) is 5.95 Å². The van der Waals surface area contributed by atoms with Crippen LogP contribution in [0.2, 0.25) is 0 Å². The number of rotatable bonds is 3. The molecule has 0 aliphatic carbocycles. The molecule has 0 saturated carbocycles. The molecule has 0 atom stereocenters. The lowest BCUT2D eigenvalue weighted by Crippen LogP contribution is -2.03. The first kappa shape index (κ1) is 11.0. The maximum Gasteiger partial charge on any atom is 0.223 e. The van der Waals surface area contributed by atoms with Gasteiger partial charge in [0, 0.05) is 6.54 Å². The molecule has 2 aromatic rings. The van der Waals surface area contributed by atoms with E-state index in [1.165, 1.54) is 0 Å². The van der Waals surface area contributed by atoms with Crippen LogP contribution in [0.1, 0.15) is 11.1 Å². The van der Waals surface area contributed by atoms with E-state index >= 15 is 0 Å². The molecule has 0 saturated heterocycles. The van der Waals surface area contributed by atoms with Crippen molar-refractivity contribution in [1.29, 1.82) is 5.26 Å². The summed E-state index contributed by atoms with van der Waals surface area (Å²) in [6.45, 7) is 0.487. The predicted molar refractivity (Wildman–Crippen MR) is 60.5 cm³/mol. The van der Waals surface area contributed by atoms with Gasteiger partial charge >= 0.3 is 0 Å². The molecule has 0 bridgehead atoms. The molecule has 5 heteroatoms. The Balaban J connectivity index is 2.02. The largest absolute Gasteiger partial charge is 0.350 e.